The van der Waals surface area contributed by atoms with Crippen LogP contribution in [0.2, 0.25) is 0 Å². The van der Waals surface area contributed by atoms with Gasteiger partial charge in [0.2, 0.25) is 10.0 Å². The van der Waals surface area contributed by atoms with E-state index in [0.717, 1.165) is 12.8 Å². The molecule has 1 aromatic heterocycles. The van der Waals surface area contributed by atoms with E-state index >= 15 is 0 Å². The van der Waals surface area contributed by atoms with Gasteiger partial charge in [-0.1, -0.05) is 0 Å². The maximum Gasteiger partial charge on any atom is 0.246 e. The van der Waals surface area contributed by atoms with Gasteiger partial charge in [-0.3, -0.25) is 9.58 Å². The third-order valence-corrected chi connectivity index (χ3v) is 6.51. The van der Waals surface area contributed by atoms with Crippen LogP contribution in [0.4, 0.5) is 0 Å². The fourth-order valence-corrected chi connectivity index (χ4v) is 4.79. The summed E-state index contributed by atoms with van der Waals surface area (Å²) >= 11 is 0. The van der Waals surface area contributed by atoms with Gasteiger partial charge in [0, 0.05) is 31.4 Å². The molecule has 8 heteroatoms. The number of aromatic nitrogens is 2. The monoisotopic (exact) mass is 314 g/mol. The third-order valence-electron chi connectivity index (χ3n) is 4.69. The maximum absolute atomic E-state index is 12.7. The van der Waals surface area contributed by atoms with Gasteiger partial charge in [0.1, 0.15) is 4.90 Å². The minimum absolute atomic E-state index is 0.0561. The summed E-state index contributed by atoms with van der Waals surface area (Å²) in [4.78, 5) is 2.54. The fraction of sp³-hybridized carbons (Fsp3) is 0.769. The SMILES string of the molecule is CN1C2CCC1CN(S(=O)(=O)c1cnn(CCO)c1)CC2. The van der Waals surface area contributed by atoms with Crippen LogP contribution in [0.25, 0.3) is 0 Å². The molecule has 2 atom stereocenters. The van der Waals surface area contributed by atoms with Crippen LogP contribution >= 0.6 is 0 Å². The molecular weight excluding hydrogens is 292 g/mol. The first-order valence-corrected chi connectivity index (χ1v) is 8.82. The van der Waals surface area contributed by atoms with Crippen molar-refractivity contribution >= 4 is 10.0 Å². The summed E-state index contributed by atoms with van der Waals surface area (Å²) in [7, 11) is -1.39. The van der Waals surface area contributed by atoms with Crippen molar-refractivity contribution in [1.82, 2.24) is 19.0 Å². The standard InChI is InChI=1S/C13H22N4O3S/c1-15-11-2-3-12(15)9-17(5-4-11)21(19,20)13-8-14-16(10-13)6-7-18/h8,10-12,18H,2-7,9H2,1H3. The highest BCUT2D eigenvalue weighted by Gasteiger charge is 2.38. The summed E-state index contributed by atoms with van der Waals surface area (Å²) in [5.74, 6) is 0. The molecule has 2 saturated heterocycles. The molecule has 2 unspecified atom stereocenters. The molecule has 0 spiro atoms. The highest BCUT2D eigenvalue weighted by Crippen LogP contribution is 2.30. The van der Waals surface area contributed by atoms with Gasteiger partial charge >= 0.3 is 0 Å². The van der Waals surface area contributed by atoms with Crippen molar-refractivity contribution in [3.63, 3.8) is 0 Å². The number of fused-ring (bicyclic) bond motifs is 2. The number of sulfonamides is 1. The summed E-state index contributed by atoms with van der Waals surface area (Å²) in [5, 5.41) is 12.9. The highest BCUT2D eigenvalue weighted by molar-refractivity contribution is 7.89. The largest absolute Gasteiger partial charge is 0.394 e. The normalized spacial score (nSPS) is 27.9. The van der Waals surface area contributed by atoms with E-state index in [4.69, 9.17) is 5.11 Å². The van der Waals surface area contributed by atoms with E-state index in [1.165, 1.54) is 23.5 Å². The Morgan fingerprint density at radius 1 is 1.33 bits per heavy atom. The zero-order valence-corrected chi connectivity index (χ0v) is 13.0. The Morgan fingerprint density at radius 3 is 2.86 bits per heavy atom. The van der Waals surface area contributed by atoms with Gasteiger partial charge in [0.15, 0.2) is 0 Å². The minimum atomic E-state index is -3.49. The fourth-order valence-electron chi connectivity index (χ4n) is 3.35. The Morgan fingerprint density at radius 2 is 2.10 bits per heavy atom. The molecule has 0 radical (unpaired) electrons. The third kappa shape index (κ3) is 2.73. The first kappa shape index (κ1) is 15.0. The van der Waals surface area contributed by atoms with Crippen LogP contribution in [0.1, 0.15) is 19.3 Å². The lowest BCUT2D eigenvalue weighted by Gasteiger charge is -2.24. The Labute approximate surface area is 125 Å². The molecular formula is C13H22N4O3S. The van der Waals surface area contributed by atoms with Crippen LogP contribution in [0.15, 0.2) is 17.3 Å². The lowest BCUT2D eigenvalue weighted by molar-refractivity contribution is 0.246. The number of nitrogens with zero attached hydrogens (tertiary/aromatic N) is 4. The molecule has 2 aliphatic rings. The van der Waals surface area contributed by atoms with Crippen molar-refractivity contribution in [3.8, 4) is 0 Å². The van der Waals surface area contributed by atoms with E-state index < -0.39 is 10.0 Å². The molecule has 0 aliphatic carbocycles. The average molecular weight is 314 g/mol. The van der Waals surface area contributed by atoms with Gasteiger partial charge in [-0.15, -0.1) is 0 Å². The molecule has 118 valence electrons. The number of rotatable bonds is 4. The van der Waals surface area contributed by atoms with E-state index in [-0.39, 0.29) is 11.5 Å². The number of aliphatic hydroxyl groups excluding tert-OH is 1. The average Bonchev–Trinajstić information content (AvgIpc) is 2.96. The van der Waals surface area contributed by atoms with E-state index in [0.29, 0.717) is 31.7 Å². The molecule has 3 rings (SSSR count). The zero-order chi connectivity index (χ0) is 15.0. The van der Waals surface area contributed by atoms with Crippen molar-refractivity contribution in [1.29, 1.82) is 0 Å². The molecule has 0 aromatic carbocycles. The number of aliphatic hydroxyl groups is 1. The van der Waals surface area contributed by atoms with Gasteiger partial charge in [-0.2, -0.15) is 9.40 Å². The van der Waals surface area contributed by atoms with Crippen LogP contribution < -0.4 is 0 Å². The number of likely N-dealkylation sites (N-methyl/N-ethyl adjacent to an activating group) is 1. The van der Waals surface area contributed by atoms with Gasteiger partial charge in [0.25, 0.3) is 0 Å². The molecule has 21 heavy (non-hydrogen) atoms. The topological polar surface area (TPSA) is 78.7 Å². The second kappa shape index (κ2) is 5.68. The molecule has 2 aliphatic heterocycles. The predicted octanol–water partition coefficient (Wildman–Crippen LogP) is -0.267. The zero-order valence-electron chi connectivity index (χ0n) is 12.2. The summed E-state index contributed by atoms with van der Waals surface area (Å²) in [6.07, 6.45) is 5.99. The van der Waals surface area contributed by atoms with Crippen LogP contribution in [-0.4, -0.2) is 71.3 Å². The summed E-state index contributed by atoms with van der Waals surface area (Å²) in [6.45, 7) is 1.38. The van der Waals surface area contributed by atoms with Gasteiger partial charge in [-0.05, 0) is 26.3 Å². The Kier molecular flexibility index (Phi) is 4.04. The number of hydrogen-bond acceptors (Lipinski definition) is 5. The van der Waals surface area contributed by atoms with Gasteiger partial charge < -0.3 is 5.11 Å². The second-order valence-electron chi connectivity index (χ2n) is 5.86. The molecule has 3 heterocycles. The molecule has 2 fully saturated rings. The molecule has 7 nitrogen and oxygen atoms in total. The van der Waals surface area contributed by atoms with Crippen molar-refractivity contribution in [2.45, 2.75) is 42.8 Å². The smallest absolute Gasteiger partial charge is 0.246 e. The van der Waals surface area contributed by atoms with E-state index in [1.807, 2.05) is 0 Å². The Hall–Kier alpha value is -0.960. The van der Waals surface area contributed by atoms with E-state index in [1.54, 1.807) is 4.31 Å². The minimum Gasteiger partial charge on any atom is -0.394 e. The summed E-state index contributed by atoms with van der Waals surface area (Å²) in [6, 6.07) is 0.826. The van der Waals surface area contributed by atoms with Crippen molar-refractivity contribution < 1.29 is 13.5 Å². The van der Waals surface area contributed by atoms with Crippen molar-refractivity contribution in [2.24, 2.45) is 0 Å². The van der Waals surface area contributed by atoms with Crippen LogP contribution in [0.5, 0.6) is 0 Å². The molecule has 2 bridgehead atoms. The maximum atomic E-state index is 12.7. The highest BCUT2D eigenvalue weighted by atomic mass is 32.2. The van der Waals surface area contributed by atoms with E-state index in [9.17, 15) is 8.42 Å². The molecule has 0 amide bonds. The Bertz CT molecular complexity index is 600. The van der Waals surface area contributed by atoms with Crippen LogP contribution in [0, 0.1) is 0 Å². The lowest BCUT2D eigenvalue weighted by atomic mass is 10.1. The predicted molar refractivity (Wildman–Crippen MR) is 77.3 cm³/mol. The van der Waals surface area contributed by atoms with Crippen molar-refractivity contribution in [2.75, 3.05) is 26.7 Å². The van der Waals surface area contributed by atoms with Gasteiger partial charge in [-0.25, -0.2) is 8.42 Å². The Balaban J connectivity index is 1.81. The summed E-state index contributed by atoms with van der Waals surface area (Å²) in [5.41, 5.74) is 0. The lowest BCUT2D eigenvalue weighted by Crippen LogP contribution is -2.39. The molecule has 1 N–H and O–H groups in total. The number of hydrogen-bond donors (Lipinski definition) is 1. The van der Waals surface area contributed by atoms with Crippen molar-refractivity contribution in [3.05, 3.63) is 12.4 Å². The van der Waals surface area contributed by atoms with E-state index in [2.05, 4.69) is 17.0 Å². The first-order chi connectivity index (χ1) is 10.0. The quantitative estimate of drug-likeness (QED) is 0.828. The first-order valence-electron chi connectivity index (χ1n) is 7.38. The van der Waals surface area contributed by atoms with Gasteiger partial charge in [0.05, 0.1) is 19.3 Å². The van der Waals surface area contributed by atoms with Crippen LogP contribution in [-0.2, 0) is 16.6 Å². The van der Waals surface area contributed by atoms with Crippen LogP contribution in [0.3, 0.4) is 0 Å². The second-order valence-corrected chi connectivity index (χ2v) is 7.80. The molecule has 1 aromatic rings. The molecule has 0 saturated carbocycles. The summed E-state index contributed by atoms with van der Waals surface area (Å²) < 4.78 is 28.5.